The predicted octanol–water partition coefficient (Wildman–Crippen LogP) is 2.89. The molecule has 0 rings (SSSR count). The molecule has 0 radical (unpaired) electrons. The van der Waals surface area contributed by atoms with Crippen molar-refractivity contribution in [3.05, 3.63) is 24.5 Å². The van der Waals surface area contributed by atoms with E-state index in [0.29, 0.717) is 0 Å². The van der Waals surface area contributed by atoms with Crippen molar-refractivity contribution >= 4 is 0 Å². The van der Waals surface area contributed by atoms with E-state index in [4.69, 9.17) is 4.74 Å². The Bertz CT molecular complexity index is 114. The zero-order chi connectivity index (χ0) is 7.82. The SMILES string of the molecule is C=C(C)/C=C/OCCCC. The summed E-state index contributed by atoms with van der Waals surface area (Å²) < 4.78 is 5.14. The van der Waals surface area contributed by atoms with E-state index in [1.807, 2.05) is 13.0 Å². The Morgan fingerprint density at radius 2 is 2.30 bits per heavy atom. The lowest BCUT2D eigenvalue weighted by Crippen LogP contribution is -1.84. The van der Waals surface area contributed by atoms with Crippen molar-refractivity contribution in [2.75, 3.05) is 6.61 Å². The van der Waals surface area contributed by atoms with Gasteiger partial charge in [-0.05, 0) is 19.4 Å². The van der Waals surface area contributed by atoms with E-state index in [9.17, 15) is 0 Å². The molecule has 0 aliphatic carbocycles. The molecule has 0 aromatic heterocycles. The van der Waals surface area contributed by atoms with Crippen molar-refractivity contribution in [2.24, 2.45) is 0 Å². The molecule has 0 heterocycles. The van der Waals surface area contributed by atoms with Crippen molar-refractivity contribution in [1.29, 1.82) is 0 Å². The highest BCUT2D eigenvalue weighted by Crippen LogP contribution is 1.92. The summed E-state index contributed by atoms with van der Waals surface area (Å²) in [6.45, 7) is 8.61. The fourth-order valence-corrected chi connectivity index (χ4v) is 0.460. The van der Waals surface area contributed by atoms with Gasteiger partial charge in [0.15, 0.2) is 0 Å². The number of allylic oxidation sites excluding steroid dienone is 2. The van der Waals surface area contributed by atoms with E-state index >= 15 is 0 Å². The third-order valence-corrected chi connectivity index (χ3v) is 1.06. The van der Waals surface area contributed by atoms with Crippen LogP contribution in [-0.4, -0.2) is 6.61 Å². The molecule has 0 saturated heterocycles. The van der Waals surface area contributed by atoms with E-state index in [-0.39, 0.29) is 0 Å². The van der Waals surface area contributed by atoms with Crippen LogP contribution in [0.3, 0.4) is 0 Å². The van der Waals surface area contributed by atoms with Crippen LogP contribution in [0.5, 0.6) is 0 Å². The fourth-order valence-electron chi connectivity index (χ4n) is 0.460. The van der Waals surface area contributed by atoms with Gasteiger partial charge in [-0.15, -0.1) is 0 Å². The first-order valence-electron chi connectivity index (χ1n) is 3.71. The second-order valence-electron chi connectivity index (χ2n) is 2.37. The predicted molar refractivity (Wildman–Crippen MR) is 44.8 cm³/mol. The molecule has 0 unspecified atom stereocenters. The van der Waals surface area contributed by atoms with E-state index in [2.05, 4.69) is 13.5 Å². The first-order chi connectivity index (χ1) is 4.77. The highest BCUT2D eigenvalue weighted by atomic mass is 16.5. The van der Waals surface area contributed by atoms with E-state index in [1.54, 1.807) is 6.26 Å². The largest absolute Gasteiger partial charge is 0.501 e. The van der Waals surface area contributed by atoms with Gasteiger partial charge in [-0.1, -0.05) is 25.5 Å². The second-order valence-corrected chi connectivity index (χ2v) is 2.37. The Hall–Kier alpha value is -0.720. The second kappa shape index (κ2) is 6.40. The molecule has 0 aromatic carbocycles. The summed E-state index contributed by atoms with van der Waals surface area (Å²) in [4.78, 5) is 0. The average Bonchev–Trinajstić information content (AvgIpc) is 1.87. The van der Waals surface area contributed by atoms with E-state index < -0.39 is 0 Å². The van der Waals surface area contributed by atoms with Gasteiger partial charge in [0.05, 0.1) is 12.9 Å². The lowest BCUT2D eigenvalue weighted by Gasteiger charge is -1.96. The van der Waals surface area contributed by atoms with Crippen LogP contribution in [0.4, 0.5) is 0 Å². The van der Waals surface area contributed by atoms with Gasteiger partial charge in [0.1, 0.15) is 0 Å². The molecule has 0 N–H and O–H groups in total. The molecule has 0 saturated carbocycles. The smallest absolute Gasteiger partial charge is 0.0873 e. The van der Waals surface area contributed by atoms with Gasteiger partial charge in [-0.3, -0.25) is 0 Å². The summed E-state index contributed by atoms with van der Waals surface area (Å²) >= 11 is 0. The standard InChI is InChI=1S/C9H16O/c1-4-5-7-10-8-6-9(2)3/h6,8H,2,4-5,7H2,1,3H3/b8-6+. The third kappa shape index (κ3) is 7.28. The molecule has 0 aliphatic heterocycles. The van der Waals surface area contributed by atoms with Gasteiger partial charge in [0.2, 0.25) is 0 Å². The molecule has 0 fully saturated rings. The minimum Gasteiger partial charge on any atom is -0.501 e. The molecule has 1 nitrogen and oxygen atoms in total. The Morgan fingerprint density at radius 3 is 2.80 bits per heavy atom. The Kier molecular flexibility index (Phi) is 5.94. The highest BCUT2D eigenvalue weighted by Gasteiger charge is 1.79. The molecule has 0 bridgehead atoms. The zero-order valence-corrected chi connectivity index (χ0v) is 6.89. The van der Waals surface area contributed by atoms with Gasteiger partial charge in [0, 0.05) is 0 Å². The monoisotopic (exact) mass is 140 g/mol. The average molecular weight is 140 g/mol. The lowest BCUT2D eigenvalue weighted by atomic mass is 10.3. The third-order valence-electron chi connectivity index (χ3n) is 1.06. The highest BCUT2D eigenvalue weighted by molar-refractivity contribution is 5.08. The molecular formula is C9H16O. The summed E-state index contributed by atoms with van der Waals surface area (Å²) in [6, 6.07) is 0. The topological polar surface area (TPSA) is 9.23 Å². The number of ether oxygens (including phenoxy) is 1. The van der Waals surface area contributed by atoms with Crippen molar-refractivity contribution < 1.29 is 4.74 Å². The summed E-state index contributed by atoms with van der Waals surface area (Å²) in [5.41, 5.74) is 1.02. The van der Waals surface area contributed by atoms with Crippen LogP contribution in [0.1, 0.15) is 26.7 Å². The maximum atomic E-state index is 5.14. The minimum absolute atomic E-state index is 0.820. The maximum absolute atomic E-state index is 5.14. The van der Waals surface area contributed by atoms with Crippen molar-refractivity contribution in [1.82, 2.24) is 0 Å². The first-order valence-corrected chi connectivity index (χ1v) is 3.71. The van der Waals surface area contributed by atoms with Gasteiger partial charge in [-0.25, -0.2) is 0 Å². The number of hydrogen-bond donors (Lipinski definition) is 0. The number of unbranched alkanes of at least 4 members (excludes halogenated alkanes) is 1. The van der Waals surface area contributed by atoms with Crippen molar-refractivity contribution in [3.63, 3.8) is 0 Å². The summed E-state index contributed by atoms with van der Waals surface area (Å²) in [5, 5.41) is 0. The summed E-state index contributed by atoms with van der Waals surface area (Å²) in [6.07, 6.45) is 5.88. The maximum Gasteiger partial charge on any atom is 0.0873 e. The first kappa shape index (κ1) is 9.28. The molecule has 0 amide bonds. The minimum atomic E-state index is 0.820. The fraction of sp³-hybridized carbons (Fsp3) is 0.556. The summed E-state index contributed by atoms with van der Waals surface area (Å²) in [5.74, 6) is 0. The molecule has 0 spiro atoms. The van der Waals surface area contributed by atoms with Crippen molar-refractivity contribution in [3.8, 4) is 0 Å². The van der Waals surface area contributed by atoms with Crippen LogP contribution in [0.2, 0.25) is 0 Å². The zero-order valence-electron chi connectivity index (χ0n) is 6.89. The van der Waals surface area contributed by atoms with E-state index in [0.717, 1.165) is 18.6 Å². The molecule has 10 heavy (non-hydrogen) atoms. The van der Waals surface area contributed by atoms with Crippen molar-refractivity contribution in [2.45, 2.75) is 26.7 Å². The summed E-state index contributed by atoms with van der Waals surface area (Å²) in [7, 11) is 0. The van der Waals surface area contributed by atoms with Gasteiger partial charge in [0.25, 0.3) is 0 Å². The number of hydrogen-bond acceptors (Lipinski definition) is 1. The Morgan fingerprint density at radius 1 is 1.60 bits per heavy atom. The molecule has 0 aliphatic rings. The Balaban J connectivity index is 3.10. The molecule has 0 aromatic rings. The van der Waals surface area contributed by atoms with E-state index in [1.165, 1.54) is 6.42 Å². The van der Waals surface area contributed by atoms with Crippen LogP contribution >= 0.6 is 0 Å². The molecule has 1 heteroatoms. The molecular weight excluding hydrogens is 124 g/mol. The number of rotatable bonds is 5. The van der Waals surface area contributed by atoms with Crippen LogP contribution in [0, 0.1) is 0 Å². The van der Waals surface area contributed by atoms with Crippen LogP contribution < -0.4 is 0 Å². The normalized spacial score (nSPS) is 10.2. The Labute approximate surface area is 63.4 Å². The van der Waals surface area contributed by atoms with Crippen LogP contribution in [0.25, 0.3) is 0 Å². The molecule has 0 atom stereocenters. The molecule has 58 valence electrons. The van der Waals surface area contributed by atoms with Gasteiger partial charge in [-0.2, -0.15) is 0 Å². The quantitative estimate of drug-likeness (QED) is 0.324. The van der Waals surface area contributed by atoms with Gasteiger partial charge < -0.3 is 4.74 Å². The van der Waals surface area contributed by atoms with Crippen LogP contribution in [0.15, 0.2) is 24.5 Å². The lowest BCUT2D eigenvalue weighted by molar-refractivity contribution is 0.243. The van der Waals surface area contributed by atoms with Crippen LogP contribution in [-0.2, 0) is 4.74 Å². The van der Waals surface area contributed by atoms with Gasteiger partial charge >= 0.3 is 0 Å².